The zero-order valence-corrected chi connectivity index (χ0v) is 12.3. The number of carbonyl (C=O) groups is 1. The number of benzene rings is 1. The van der Waals surface area contributed by atoms with Crippen LogP contribution in [0.5, 0.6) is 0 Å². The number of aliphatic hydroxyl groups excluding tert-OH is 1. The number of aliphatic hydroxyl groups is 1. The number of hydrogen-bond acceptors (Lipinski definition) is 4. The Hall–Kier alpha value is -1.04. The van der Waals surface area contributed by atoms with E-state index in [4.69, 9.17) is 4.74 Å². The van der Waals surface area contributed by atoms with Crippen molar-refractivity contribution in [2.24, 2.45) is 5.92 Å². The molecule has 1 unspecified atom stereocenters. The summed E-state index contributed by atoms with van der Waals surface area (Å²) in [7, 11) is 0. The highest BCUT2D eigenvalue weighted by Crippen LogP contribution is 2.19. The molecule has 1 aromatic rings. The fourth-order valence-electron chi connectivity index (χ4n) is 2.20. The predicted octanol–water partition coefficient (Wildman–Crippen LogP) is 1.68. The first-order valence-electron chi connectivity index (χ1n) is 6.96. The lowest BCUT2D eigenvalue weighted by molar-refractivity contribution is -0.119. The van der Waals surface area contributed by atoms with Crippen LogP contribution in [0, 0.1) is 5.92 Å². The van der Waals surface area contributed by atoms with Crippen LogP contribution in [-0.2, 0) is 9.53 Å². The summed E-state index contributed by atoms with van der Waals surface area (Å²) in [4.78, 5) is 12.8. The molecule has 0 saturated carbocycles. The van der Waals surface area contributed by atoms with Crippen molar-refractivity contribution in [2.75, 3.05) is 25.5 Å². The molecular weight excluding hydrogens is 274 g/mol. The van der Waals surface area contributed by atoms with Gasteiger partial charge >= 0.3 is 0 Å². The van der Waals surface area contributed by atoms with Crippen molar-refractivity contribution in [2.45, 2.75) is 23.8 Å². The number of carbonyl (C=O) groups excluding carboxylic acids is 1. The normalized spacial score (nSPS) is 17.6. The third kappa shape index (κ3) is 5.15. The van der Waals surface area contributed by atoms with Gasteiger partial charge in [-0.3, -0.25) is 4.79 Å². The Morgan fingerprint density at radius 1 is 1.35 bits per heavy atom. The first kappa shape index (κ1) is 15.4. The maximum absolute atomic E-state index is 11.7. The van der Waals surface area contributed by atoms with E-state index in [1.165, 1.54) is 11.8 Å². The van der Waals surface area contributed by atoms with Gasteiger partial charge in [0.25, 0.3) is 0 Å². The van der Waals surface area contributed by atoms with Crippen LogP contribution in [0.25, 0.3) is 0 Å². The van der Waals surface area contributed by atoms with Gasteiger partial charge < -0.3 is 15.2 Å². The first-order valence-corrected chi connectivity index (χ1v) is 7.94. The number of hydrogen-bond donors (Lipinski definition) is 2. The van der Waals surface area contributed by atoms with Gasteiger partial charge in [-0.1, -0.05) is 18.2 Å². The van der Waals surface area contributed by atoms with Crippen LogP contribution in [0.2, 0.25) is 0 Å². The van der Waals surface area contributed by atoms with Crippen LogP contribution in [-0.4, -0.2) is 42.6 Å². The van der Waals surface area contributed by atoms with E-state index in [2.05, 4.69) is 5.32 Å². The molecule has 110 valence electrons. The molecule has 1 fully saturated rings. The van der Waals surface area contributed by atoms with Gasteiger partial charge in [-0.15, -0.1) is 11.8 Å². The van der Waals surface area contributed by atoms with Gasteiger partial charge in [0.15, 0.2) is 0 Å². The maximum Gasteiger partial charge on any atom is 0.230 e. The lowest BCUT2D eigenvalue weighted by atomic mass is 9.94. The number of thioether (sulfide) groups is 1. The van der Waals surface area contributed by atoms with E-state index < -0.39 is 6.10 Å². The molecule has 1 aliphatic heterocycles. The van der Waals surface area contributed by atoms with Crippen molar-refractivity contribution in [1.82, 2.24) is 5.32 Å². The fraction of sp³-hybridized carbons (Fsp3) is 0.533. The van der Waals surface area contributed by atoms with E-state index in [1.807, 2.05) is 30.3 Å². The van der Waals surface area contributed by atoms with Crippen LogP contribution in [0.3, 0.4) is 0 Å². The molecule has 1 aromatic carbocycles. The fourth-order valence-corrected chi connectivity index (χ4v) is 2.95. The average molecular weight is 295 g/mol. The molecule has 2 rings (SSSR count). The van der Waals surface area contributed by atoms with Gasteiger partial charge in [0.1, 0.15) is 0 Å². The molecule has 1 saturated heterocycles. The van der Waals surface area contributed by atoms with Crippen molar-refractivity contribution >= 4 is 17.7 Å². The van der Waals surface area contributed by atoms with Gasteiger partial charge in [0, 0.05) is 24.7 Å². The SMILES string of the molecule is O=C(CSc1ccccc1)NCC(O)C1CCOCC1. The zero-order valence-electron chi connectivity index (χ0n) is 11.5. The Balaban J connectivity index is 1.64. The third-order valence-electron chi connectivity index (χ3n) is 3.43. The van der Waals surface area contributed by atoms with E-state index in [9.17, 15) is 9.90 Å². The number of nitrogens with one attached hydrogen (secondary N) is 1. The predicted molar refractivity (Wildman–Crippen MR) is 79.7 cm³/mol. The second kappa shape index (κ2) is 8.29. The van der Waals surface area contributed by atoms with Crippen molar-refractivity contribution in [3.63, 3.8) is 0 Å². The van der Waals surface area contributed by atoms with Crippen molar-refractivity contribution < 1.29 is 14.6 Å². The summed E-state index contributed by atoms with van der Waals surface area (Å²) >= 11 is 1.50. The smallest absolute Gasteiger partial charge is 0.230 e. The molecule has 1 atom stereocenters. The standard InChI is InChI=1S/C15H21NO3S/c17-14(12-6-8-19-9-7-12)10-16-15(18)11-20-13-4-2-1-3-5-13/h1-5,12,14,17H,6-11H2,(H,16,18). The van der Waals surface area contributed by atoms with Gasteiger partial charge in [-0.25, -0.2) is 0 Å². The molecular formula is C15H21NO3S. The van der Waals surface area contributed by atoms with E-state index in [-0.39, 0.29) is 11.8 Å². The Morgan fingerprint density at radius 2 is 2.05 bits per heavy atom. The minimum atomic E-state index is -0.468. The van der Waals surface area contributed by atoms with Gasteiger partial charge in [0.2, 0.25) is 5.91 Å². The van der Waals surface area contributed by atoms with E-state index in [1.54, 1.807) is 0 Å². The molecule has 20 heavy (non-hydrogen) atoms. The zero-order chi connectivity index (χ0) is 14.2. The Bertz CT molecular complexity index is 407. The molecule has 5 heteroatoms. The summed E-state index contributed by atoms with van der Waals surface area (Å²) in [6.45, 7) is 1.75. The van der Waals surface area contributed by atoms with Crippen molar-refractivity contribution in [1.29, 1.82) is 0 Å². The highest BCUT2D eigenvalue weighted by atomic mass is 32.2. The second-order valence-corrected chi connectivity index (χ2v) is 5.97. The minimum absolute atomic E-state index is 0.0371. The van der Waals surface area contributed by atoms with Gasteiger partial charge in [-0.05, 0) is 30.9 Å². The second-order valence-electron chi connectivity index (χ2n) is 4.92. The average Bonchev–Trinajstić information content (AvgIpc) is 2.52. The number of ether oxygens (including phenoxy) is 1. The Labute approximate surface area is 123 Å². The Morgan fingerprint density at radius 3 is 2.75 bits per heavy atom. The largest absolute Gasteiger partial charge is 0.391 e. The number of amides is 1. The summed E-state index contributed by atoms with van der Waals surface area (Å²) in [6.07, 6.45) is 1.27. The van der Waals surface area contributed by atoms with Crippen molar-refractivity contribution in [3.8, 4) is 0 Å². The highest BCUT2D eigenvalue weighted by Gasteiger charge is 2.22. The van der Waals surface area contributed by atoms with E-state index in [0.717, 1.165) is 17.7 Å². The van der Waals surface area contributed by atoms with E-state index in [0.29, 0.717) is 25.5 Å². The van der Waals surface area contributed by atoms with Crippen LogP contribution >= 0.6 is 11.8 Å². The van der Waals surface area contributed by atoms with E-state index >= 15 is 0 Å². The van der Waals surface area contributed by atoms with Gasteiger partial charge in [-0.2, -0.15) is 0 Å². The Kier molecular flexibility index (Phi) is 6.36. The quantitative estimate of drug-likeness (QED) is 0.784. The third-order valence-corrected chi connectivity index (χ3v) is 4.44. The van der Waals surface area contributed by atoms with Crippen LogP contribution in [0.1, 0.15) is 12.8 Å². The summed E-state index contributed by atoms with van der Waals surface area (Å²) in [6, 6.07) is 9.82. The lowest BCUT2D eigenvalue weighted by Gasteiger charge is -2.26. The summed E-state index contributed by atoms with van der Waals surface area (Å²) < 4.78 is 5.26. The summed E-state index contributed by atoms with van der Waals surface area (Å²) in [5.74, 6) is 0.584. The molecule has 4 nitrogen and oxygen atoms in total. The summed E-state index contributed by atoms with van der Waals surface area (Å²) in [5, 5.41) is 12.8. The van der Waals surface area contributed by atoms with Crippen LogP contribution < -0.4 is 5.32 Å². The van der Waals surface area contributed by atoms with Crippen LogP contribution in [0.15, 0.2) is 35.2 Å². The molecule has 1 amide bonds. The van der Waals surface area contributed by atoms with Gasteiger partial charge in [0.05, 0.1) is 11.9 Å². The maximum atomic E-state index is 11.7. The molecule has 2 N–H and O–H groups in total. The molecule has 0 radical (unpaired) electrons. The summed E-state index contributed by atoms with van der Waals surface area (Å²) in [5.41, 5.74) is 0. The molecule has 0 spiro atoms. The molecule has 0 aromatic heterocycles. The minimum Gasteiger partial charge on any atom is -0.391 e. The highest BCUT2D eigenvalue weighted by molar-refractivity contribution is 8.00. The molecule has 0 aliphatic carbocycles. The first-order chi connectivity index (χ1) is 9.75. The molecule has 1 aliphatic rings. The van der Waals surface area contributed by atoms with Crippen molar-refractivity contribution in [3.05, 3.63) is 30.3 Å². The molecule has 0 bridgehead atoms. The molecule has 1 heterocycles. The number of rotatable bonds is 6. The lowest BCUT2D eigenvalue weighted by Crippen LogP contribution is -2.39. The topological polar surface area (TPSA) is 58.6 Å². The monoisotopic (exact) mass is 295 g/mol. The van der Waals surface area contributed by atoms with Crippen LogP contribution in [0.4, 0.5) is 0 Å².